The Kier molecular flexibility index (Phi) is 5.57. The molecule has 0 bridgehead atoms. The fraction of sp³-hybridized carbons (Fsp3) is 0.615. The largest absolute Gasteiger partial charge is 0.465 e. The lowest BCUT2D eigenvalue weighted by Crippen LogP contribution is -2.25. The summed E-state index contributed by atoms with van der Waals surface area (Å²) in [5.74, 6) is 4.91. The van der Waals surface area contributed by atoms with Crippen LogP contribution >= 0.6 is 0 Å². The van der Waals surface area contributed by atoms with Crippen molar-refractivity contribution in [2.45, 2.75) is 33.6 Å². The summed E-state index contributed by atoms with van der Waals surface area (Å²) >= 11 is 0. The molecule has 0 saturated carbocycles. The molecule has 0 atom stereocenters. The highest BCUT2D eigenvalue weighted by atomic mass is 16.5. The molecule has 82 valence electrons. The van der Waals surface area contributed by atoms with Gasteiger partial charge in [-0.05, 0) is 20.8 Å². The average molecular weight is 206 g/mol. The Balaban J connectivity index is 4.07. The van der Waals surface area contributed by atoms with E-state index in [1.54, 1.807) is 0 Å². The molecular formula is C13H18O2. The van der Waals surface area contributed by atoms with E-state index in [-0.39, 0.29) is 11.9 Å². The number of hydrogen-bond acceptors (Lipinski definition) is 2. The third-order valence-electron chi connectivity index (χ3n) is 1.88. The Morgan fingerprint density at radius 3 is 2.07 bits per heavy atom. The summed E-state index contributed by atoms with van der Waals surface area (Å²) in [7, 11) is 0. The number of rotatable bonds is 4. The fourth-order valence-electron chi connectivity index (χ4n) is 0.933. The Bertz CT molecular complexity index is 267. The summed E-state index contributed by atoms with van der Waals surface area (Å²) in [6.07, 6.45) is 11.5. The number of ether oxygens (including phenoxy) is 1. The van der Waals surface area contributed by atoms with Gasteiger partial charge >= 0.3 is 5.97 Å². The summed E-state index contributed by atoms with van der Waals surface area (Å²) in [6, 6.07) is 0. The van der Waals surface area contributed by atoms with Crippen LogP contribution in [0.4, 0.5) is 0 Å². The number of carbonyl (C=O) groups excluding carboxylic acids is 1. The minimum absolute atomic E-state index is 0.0753. The molecule has 0 N–H and O–H groups in total. The monoisotopic (exact) mass is 206 g/mol. The van der Waals surface area contributed by atoms with Crippen molar-refractivity contribution in [3.8, 4) is 24.7 Å². The number of hydrogen-bond donors (Lipinski definition) is 0. The van der Waals surface area contributed by atoms with Gasteiger partial charge in [-0.25, -0.2) is 0 Å². The standard InChI is InChI=1S/C13H18O2/c1-6-8-11(9-7-2)10-15-12(14)13(3,4)5/h1-2,11H,8-10H2,3-5H3. The molecule has 0 aliphatic rings. The van der Waals surface area contributed by atoms with Crippen LogP contribution in [0.25, 0.3) is 0 Å². The number of terminal acetylenes is 2. The molecule has 0 spiro atoms. The zero-order valence-corrected chi connectivity index (χ0v) is 9.67. The zero-order chi connectivity index (χ0) is 11.9. The van der Waals surface area contributed by atoms with Gasteiger partial charge in [0.1, 0.15) is 0 Å². The maximum atomic E-state index is 11.5. The molecule has 0 saturated heterocycles. The van der Waals surface area contributed by atoms with E-state index < -0.39 is 5.41 Å². The molecule has 0 heterocycles. The molecule has 0 aliphatic carbocycles. The second-order valence-electron chi connectivity index (χ2n) is 4.53. The van der Waals surface area contributed by atoms with Crippen molar-refractivity contribution in [1.29, 1.82) is 0 Å². The maximum absolute atomic E-state index is 11.5. The number of carbonyl (C=O) groups is 1. The highest BCUT2D eigenvalue weighted by Crippen LogP contribution is 2.17. The molecule has 2 heteroatoms. The van der Waals surface area contributed by atoms with E-state index in [4.69, 9.17) is 17.6 Å². The maximum Gasteiger partial charge on any atom is 0.311 e. The van der Waals surface area contributed by atoms with Crippen molar-refractivity contribution >= 4 is 5.97 Å². The van der Waals surface area contributed by atoms with Crippen molar-refractivity contribution in [3.63, 3.8) is 0 Å². The van der Waals surface area contributed by atoms with Crippen LogP contribution in [0.2, 0.25) is 0 Å². The van der Waals surface area contributed by atoms with Gasteiger partial charge in [-0.15, -0.1) is 24.7 Å². The quantitative estimate of drug-likeness (QED) is 0.521. The van der Waals surface area contributed by atoms with Gasteiger partial charge in [-0.1, -0.05) is 0 Å². The summed E-state index contributed by atoms with van der Waals surface area (Å²) in [5, 5.41) is 0. The molecular weight excluding hydrogens is 188 g/mol. The third kappa shape index (κ3) is 5.81. The van der Waals surface area contributed by atoms with Crippen LogP contribution < -0.4 is 0 Å². The molecule has 0 aliphatic heterocycles. The highest BCUT2D eigenvalue weighted by molar-refractivity contribution is 5.75. The zero-order valence-electron chi connectivity index (χ0n) is 9.67. The molecule has 0 rings (SSSR count). The van der Waals surface area contributed by atoms with E-state index in [0.29, 0.717) is 19.4 Å². The first-order valence-electron chi connectivity index (χ1n) is 4.96. The van der Waals surface area contributed by atoms with E-state index in [0.717, 1.165) is 0 Å². The molecule has 15 heavy (non-hydrogen) atoms. The SMILES string of the molecule is C#CCC(CC#C)COC(=O)C(C)(C)C. The lowest BCUT2D eigenvalue weighted by atomic mass is 9.97. The average Bonchev–Trinajstić information content (AvgIpc) is 2.12. The van der Waals surface area contributed by atoms with E-state index >= 15 is 0 Å². The van der Waals surface area contributed by atoms with Crippen LogP contribution in [0.5, 0.6) is 0 Å². The third-order valence-corrected chi connectivity index (χ3v) is 1.88. The van der Waals surface area contributed by atoms with Crippen molar-refractivity contribution in [1.82, 2.24) is 0 Å². The summed E-state index contributed by atoms with van der Waals surface area (Å²) < 4.78 is 5.14. The molecule has 0 aromatic heterocycles. The van der Waals surface area contributed by atoms with Gasteiger partial charge in [-0.2, -0.15) is 0 Å². The summed E-state index contributed by atoms with van der Waals surface area (Å²) in [6.45, 7) is 5.75. The van der Waals surface area contributed by atoms with Gasteiger partial charge in [-0.3, -0.25) is 4.79 Å². The van der Waals surface area contributed by atoms with E-state index in [1.165, 1.54) is 0 Å². The normalized spacial score (nSPS) is 10.5. The summed E-state index contributed by atoms with van der Waals surface area (Å²) in [4.78, 5) is 11.5. The van der Waals surface area contributed by atoms with Crippen LogP contribution in [-0.2, 0) is 9.53 Å². The Hall–Kier alpha value is -1.41. The predicted octanol–water partition coefficient (Wildman–Crippen LogP) is 2.24. The topological polar surface area (TPSA) is 26.3 Å². The molecule has 0 amide bonds. The number of esters is 1. The molecule has 0 aromatic rings. The van der Waals surface area contributed by atoms with Crippen molar-refractivity contribution in [3.05, 3.63) is 0 Å². The first-order valence-corrected chi connectivity index (χ1v) is 4.96. The van der Waals surface area contributed by atoms with Crippen LogP contribution in [0, 0.1) is 36.0 Å². The second kappa shape index (κ2) is 6.14. The van der Waals surface area contributed by atoms with Gasteiger partial charge in [0, 0.05) is 18.8 Å². The minimum atomic E-state index is -0.475. The van der Waals surface area contributed by atoms with Crippen LogP contribution in [0.3, 0.4) is 0 Å². The van der Waals surface area contributed by atoms with Crippen molar-refractivity contribution < 1.29 is 9.53 Å². The van der Waals surface area contributed by atoms with Gasteiger partial charge in [0.15, 0.2) is 0 Å². The van der Waals surface area contributed by atoms with Crippen LogP contribution in [-0.4, -0.2) is 12.6 Å². The first kappa shape index (κ1) is 13.6. The van der Waals surface area contributed by atoms with E-state index in [2.05, 4.69) is 11.8 Å². The Labute approximate surface area is 92.4 Å². The molecule has 0 aromatic carbocycles. The molecule has 0 radical (unpaired) electrons. The Morgan fingerprint density at radius 2 is 1.73 bits per heavy atom. The fourth-order valence-corrected chi connectivity index (χ4v) is 0.933. The first-order chi connectivity index (χ1) is 6.91. The second-order valence-corrected chi connectivity index (χ2v) is 4.53. The van der Waals surface area contributed by atoms with Crippen LogP contribution in [0.15, 0.2) is 0 Å². The van der Waals surface area contributed by atoms with Crippen LogP contribution in [0.1, 0.15) is 33.6 Å². The molecule has 0 fully saturated rings. The lowest BCUT2D eigenvalue weighted by molar-refractivity contribution is -0.154. The predicted molar refractivity (Wildman–Crippen MR) is 60.8 cm³/mol. The van der Waals surface area contributed by atoms with E-state index in [9.17, 15) is 4.79 Å². The van der Waals surface area contributed by atoms with Crippen molar-refractivity contribution in [2.75, 3.05) is 6.61 Å². The van der Waals surface area contributed by atoms with Gasteiger partial charge < -0.3 is 4.74 Å². The van der Waals surface area contributed by atoms with Crippen molar-refractivity contribution in [2.24, 2.45) is 11.3 Å². The summed E-state index contributed by atoms with van der Waals surface area (Å²) in [5.41, 5.74) is -0.475. The van der Waals surface area contributed by atoms with Gasteiger partial charge in [0.25, 0.3) is 0 Å². The molecule has 2 nitrogen and oxygen atoms in total. The lowest BCUT2D eigenvalue weighted by Gasteiger charge is -2.19. The highest BCUT2D eigenvalue weighted by Gasteiger charge is 2.23. The Morgan fingerprint density at radius 1 is 1.27 bits per heavy atom. The van der Waals surface area contributed by atoms with Gasteiger partial charge in [0.2, 0.25) is 0 Å². The van der Waals surface area contributed by atoms with E-state index in [1.807, 2.05) is 20.8 Å². The minimum Gasteiger partial charge on any atom is -0.465 e. The molecule has 0 unspecified atom stereocenters. The van der Waals surface area contributed by atoms with Gasteiger partial charge in [0.05, 0.1) is 12.0 Å². The smallest absolute Gasteiger partial charge is 0.311 e.